The molecule has 0 heterocycles. The van der Waals surface area contributed by atoms with Crippen molar-refractivity contribution in [3.63, 3.8) is 0 Å². The van der Waals surface area contributed by atoms with E-state index in [1.807, 2.05) is 0 Å². The van der Waals surface area contributed by atoms with Gasteiger partial charge in [-0.15, -0.1) is 0 Å². The molecule has 0 fully saturated rings. The van der Waals surface area contributed by atoms with Crippen molar-refractivity contribution >= 4 is 22.4 Å². The molecule has 2 unspecified atom stereocenters. The van der Waals surface area contributed by atoms with Crippen LogP contribution in [-0.2, 0) is 14.2 Å². The molecular weight excluding hydrogens is 723 g/mol. The summed E-state index contributed by atoms with van der Waals surface area (Å²) in [6.07, 6.45) is 10.1. The molecular formula is C43H46HfSi. The van der Waals surface area contributed by atoms with Gasteiger partial charge in [-0.1, -0.05) is 0 Å². The van der Waals surface area contributed by atoms with Crippen molar-refractivity contribution in [2.24, 2.45) is 0 Å². The van der Waals surface area contributed by atoms with E-state index in [1.165, 1.54) is 66.8 Å². The van der Waals surface area contributed by atoms with Crippen molar-refractivity contribution in [3.8, 4) is 22.3 Å². The Morgan fingerprint density at radius 1 is 0.467 bits per heavy atom. The average Bonchev–Trinajstić information content (AvgIpc) is 3.68. The number of fused-ring (bicyclic) bond motifs is 2. The summed E-state index contributed by atoms with van der Waals surface area (Å²) in [5, 5.41) is 0. The van der Waals surface area contributed by atoms with E-state index < -0.39 is 14.2 Å². The molecule has 0 bridgehead atoms. The van der Waals surface area contributed by atoms with E-state index in [-0.39, 0.29) is 0 Å². The van der Waals surface area contributed by atoms with Gasteiger partial charge in [0.15, 0.2) is 0 Å². The first-order chi connectivity index (χ1) is 21.2. The van der Waals surface area contributed by atoms with Crippen molar-refractivity contribution in [1.82, 2.24) is 0 Å². The third kappa shape index (κ3) is 4.04. The van der Waals surface area contributed by atoms with Crippen LogP contribution >= 0.6 is 0 Å². The first-order valence-corrected chi connectivity index (χ1v) is 41.6. The molecule has 2 heteroatoms. The molecule has 0 aromatic heterocycles. The summed E-state index contributed by atoms with van der Waals surface area (Å²) in [6.45, 7) is 11.4. The number of benzene rings is 5. The third-order valence-electron chi connectivity index (χ3n) is 12.8. The Kier molecular flexibility index (Phi) is 6.16. The van der Waals surface area contributed by atoms with Crippen LogP contribution in [0.4, 0.5) is 0 Å². The fourth-order valence-electron chi connectivity index (χ4n) is 9.44. The van der Waals surface area contributed by atoms with E-state index >= 15 is 0 Å². The molecule has 45 heavy (non-hydrogen) atoms. The Morgan fingerprint density at radius 2 is 0.867 bits per heavy atom. The fraction of sp³-hybridized carbons (Fsp3) is 0.209. The van der Waals surface area contributed by atoms with Crippen molar-refractivity contribution in [2.75, 3.05) is 0 Å². The van der Waals surface area contributed by atoms with Crippen molar-refractivity contribution in [2.45, 2.75) is 49.1 Å². The maximum absolute atomic E-state index is 5.36. The Balaban J connectivity index is 1.52. The Labute approximate surface area is 266 Å². The van der Waals surface area contributed by atoms with Crippen molar-refractivity contribution in [1.29, 1.82) is 0 Å². The standard InChI is InChI=1S/2C17H15.C6H5.3CH3.Hf.H2Si/c2*1-12-6-3-9-15(13(12)2)17-11-5-8-14-7-4-10-16(14)17;1-2-4-6-5-3-1;;;;;/h2*3-11H,1-2H3;1-5H;3*1H3;;1H2. The van der Waals surface area contributed by atoms with Crippen LogP contribution in [0.2, 0.25) is 14.0 Å². The monoisotopic (exact) mass is 770 g/mol. The fourth-order valence-corrected chi connectivity index (χ4v) is 47.5. The average molecular weight is 769 g/mol. The van der Waals surface area contributed by atoms with Crippen LogP contribution in [0.3, 0.4) is 0 Å². The summed E-state index contributed by atoms with van der Waals surface area (Å²) < 4.78 is 10.4. The van der Waals surface area contributed by atoms with E-state index in [1.54, 1.807) is 3.32 Å². The van der Waals surface area contributed by atoms with Gasteiger partial charge >= 0.3 is 268 Å². The summed E-state index contributed by atoms with van der Waals surface area (Å²) in [7, 11) is 0. The number of allylic oxidation sites excluding steroid dienone is 2. The van der Waals surface area contributed by atoms with Crippen molar-refractivity contribution < 1.29 is 14.2 Å². The predicted octanol–water partition coefficient (Wildman–Crippen LogP) is 10.9. The summed E-state index contributed by atoms with van der Waals surface area (Å²) in [6, 6.07) is 39.2. The van der Waals surface area contributed by atoms with Crippen LogP contribution in [0.5, 0.6) is 0 Å². The predicted molar refractivity (Wildman–Crippen MR) is 198 cm³/mol. The van der Waals surface area contributed by atoms with Gasteiger partial charge < -0.3 is 0 Å². The second-order valence-corrected chi connectivity index (χ2v) is 94.4. The zero-order valence-corrected chi connectivity index (χ0v) is 33.0. The first kappa shape index (κ1) is 30.3. The zero-order chi connectivity index (χ0) is 31.9. The number of rotatable bonds is 5. The molecule has 0 spiro atoms. The van der Waals surface area contributed by atoms with Gasteiger partial charge in [0.05, 0.1) is 0 Å². The summed E-state index contributed by atoms with van der Waals surface area (Å²) >= 11 is -5.36. The number of hydrogen-bond acceptors (Lipinski definition) is 0. The van der Waals surface area contributed by atoms with Gasteiger partial charge in [0.1, 0.15) is 0 Å². The normalized spacial score (nSPS) is 19.3. The minimum absolute atomic E-state index is 0.292. The molecule has 2 aliphatic rings. The molecule has 0 aliphatic heterocycles. The molecule has 5 aromatic carbocycles. The van der Waals surface area contributed by atoms with Crippen LogP contribution in [0.1, 0.15) is 51.9 Å². The van der Waals surface area contributed by atoms with Crippen LogP contribution in [-0.4, -0.2) is 6.94 Å². The topological polar surface area (TPSA) is 0 Å². The molecule has 0 amide bonds. The molecule has 2 aliphatic carbocycles. The molecule has 2 atom stereocenters. The molecule has 7 rings (SSSR count). The SMILES string of the molecule is Cc1cccc(-c2cccc3c2C=C[CH]3[Hf]([CH3])([CH3])([CH3])(=[SiH2])([c]2ccccc2)[CH]2C=Cc3c(-c4cccc(C)c4C)cccc32)c1C. The summed E-state index contributed by atoms with van der Waals surface area (Å²) in [5.41, 5.74) is 16.6. The summed E-state index contributed by atoms with van der Waals surface area (Å²) in [4.78, 5) is 0. The maximum atomic E-state index is 2.77. The van der Waals surface area contributed by atoms with Crippen LogP contribution in [0.15, 0.2) is 115 Å². The third-order valence-corrected chi connectivity index (χ3v) is 59.6. The Hall–Kier alpha value is -3.33. The van der Waals surface area contributed by atoms with Gasteiger partial charge in [0.25, 0.3) is 0 Å². The Morgan fingerprint density at radius 3 is 1.31 bits per heavy atom. The quantitative estimate of drug-likeness (QED) is 0.156. The number of aryl methyl sites for hydroxylation is 2. The second kappa shape index (κ2) is 9.14. The molecule has 0 nitrogen and oxygen atoms in total. The van der Waals surface area contributed by atoms with Crippen LogP contribution in [0, 0.1) is 27.7 Å². The molecule has 0 saturated carbocycles. The van der Waals surface area contributed by atoms with Gasteiger partial charge in [-0.05, 0) is 0 Å². The van der Waals surface area contributed by atoms with Gasteiger partial charge in [-0.3, -0.25) is 0 Å². The van der Waals surface area contributed by atoms with E-state index in [2.05, 4.69) is 176 Å². The van der Waals surface area contributed by atoms with Crippen molar-refractivity contribution in [3.05, 3.63) is 160 Å². The van der Waals surface area contributed by atoms with Gasteiger partial charge in [0, 0.05) is 0 Å². The van der Waals surface area contributed by atoms with Gasteiger partial charge in [-0.2, -0.15) is 0 Å². The van der Waals surface area contributed by atoms with E-state index in [4.69, 9.17) is 0 Å². The van der Waals surface area contributed by atoms with Gasteiger partial charge in [0.2, 0.25) is 0 Å². The summed E-state index contributed by atoms with van der Waals surface area (Å²) in [5.74, 6) is 0. The molecule has 0 saturated heterocycles. The van der Waals surface area contributed by atoms with E-state index in [0.29, 0.717) is 7.35 Å². The second-order valence-electron chi connectivity index (χ2n) is 17.2. The molecule has 226 valence electrons. The molecule has 5 aromatic rings. The Bertz CT molecular complexity index is 2110. The van der Waals surface area contributed by atoms with Gasteiger partial charge in [-0.25, -0.2) is 0 Å². The molecule has 0 radical (unpaired) electrons. The minimum atomic E-state index is -5.36. The van der Waals surface area contributed by atoms with E-state index in [9.17, 15) is 0 Å². The zero-order valence-electron chi connectivity index (χ0n) is 28.0. The van der Waals surface area contributed by atoms with Crippen LogP contribution in [0.25, 0.3) is 34.4 Å². The molecule has 0 N–H and O–H groups in total. The number of hydrogen-bond donors (Lipinski definition) is 0. The van der Waals surface area contributed by atoms with E-state index in [0.717, 1.165) is 0 Å². The van der Waals surface area contributed by atoms with Crippen LogP contribution < -0.4 is 3.32 Å². The first-order valence-electron chi connectivity index (χ1n) is 16.6.